The number of nitrogens with one attached hydrogen (secondary N) is 2. The Morgan fingerprint density at radius 3 is 1.35 bits per heavy atom. The molecule has 0 aromatic rings. The minimum atomic E-state index is -0.205. The Balaban J connectivity index is -0.0000000853. The summed E-state index contributed by atoms with van der Waals surface area (Å²) < 4.78 is 4.96. The third-order valence-corrected chi connectivity index (χ3v) is 1.96. The van der Waals surface area contributed by atoms with E-state index in [1.54, 1.807) is 0 Å². The summed E-state index contributed by atoms with van der Waals surface area (Å²) in [5, 5.41) is 5.33. The second-order valence-electron chi connectivity index (χ2n) is 3.61. The summed E-state index contributed by atoms with van der Waals surface area (Å²) in [6, 6.07) is 0. The van der Waals surface area contributed by atoms with E-state index in [2.05, 4.69) is 24.5 Å². The van der Waals surface area contributed by atoms with Gasteiger partial charge in [-0.05, 0) is 0 Å². The van der Waals surface area contributed by atoms with Crippen LogP contribution in [0.1, 0.15) is 25.7 Å². The summed E-state index contributed by atoms with van der Waals surface area (Å²) in [7, 11) is 0. The van der Waals surface area contributed by atoms with E-state index in [0.717, 1.165) is 25.7 Å². The first-order chi connectivity index (χ1) is 8.20. The molecule has 0 aromatic carbocycles. The molecule has 7 nitrogen and oxygen atoms in total. The van der Waals surface area contributed by atoms with Crippen LogP contribution in [-0.2, 0) is 14.3 Å². The molecule has 0 spiro atoms. The van der Waals surface area contributed by atoms with Crippen molar-refractivity contribution in [2.45, 2.75) is 25.7 Å². The van der Waals surface area contributed by atoms with Gasteiger partial charge in [0.2, 0.25) is 11.8 Å². The van der Waals surface area contributed by atoms with Crippen molar-refractivity contribution in [1.82, 2.24) is 10.6 Å². The molecule has 0 aromatic heterocycles. The van der Waals surface area contributed by atoms with Crippen LogP contribution < -0.4 is 113 Å². The summed E-state index contributed by atoms with van der Waals surface area (Å²) in [6.45, 7) is 8.36. The second-order valence-corrected chi connectivity index (χ2v) is 3.61. The van der Waals surface area contributed by atoms with Gasteiger partial charge in [-0.2, -0.15) is 12.8 Å². The summed E-state index contributed by atoms with van der Waals surface area (Å²) >= 11 is 0. The van der Waals surface area contributed by atoms with Gasteiger partial charge in [-0.15, -0.1) is 0 Å². The first-order valence-corrected chi connectivity index (χ1v) is 5.90. The van der Waals surface area contributed by atoms with Gasteiger partial charge in [0.1, 0.15) is 13.2 Å². The minimum Gasteiger partial charge on any atom is -0.693 e. The molecule has 0 heterocycles. The van der Waals surface area contributed by atoms with Crippen molar-refractivity contribution < 1.29 is 117 Å². The Kier molecular flexibility index (Phi) is 68.2. The number of nitrogens with two attached hydrogens (primary N) is 2. The average molecular weight is 383 g/mol. The Morgan fingerprint density at radius 2 is 1.09 bits per heavy atom. The van der Waals surface area contributed by atoms with Crippen molar-refractivity contribution in [3.63, 3.8) is 0 Å². The van der Waals surface area contributed by atoms with Crippen LogP contribution in [0.3, 0.4) is 0 Å². The smallest absolute Gasteiger partial charge is 0.693 e. The first kappa shape index (κ1) is 44.5. The molecule has 0 rings (SSSR count). The van der Waals surface area contributed by atoms with Crippen molar-refractivity contribution in [3.8, 4) is 0 Å². The zero-order chi connectivity index (χ0) is 12.9. The fraction of sp³-hybridized carbons (Fsp3) is 0.571. The average Bonchev–Trinajstić information content (AvgIpc) is 2.30. The summed E-state index contributed by atoms with van der Waals surface area (Å²) in [5.41, 5.74) is 0. The van der Waals surface area contributed by atoms with Crippen LogP contribution in [0.25, 0.3) is 12.3 Å². The third-order valence-electron chi connectivity index (χ3n) is 1.96. The van der Waals surface area contributed by atoms with E-state index in [0.29, 0.717) is 13.1 Å². The van der Waals surface area contributed by atoms with Crippen LogP contribution >= 0.6 is 0 Å². The normalized spacial score (nSPS) is 7.39. The topological polar surface area (TPSA) is 134 Å². The van der Waals surface area contributed by atoms with Gasteiger partial charge in [-0.3, -0.25) is 9.59 Å². The molecular formula is C14H32K2N4O3-4. The molecule has 0 bridgehead atoms. The van der Waals surface area contributed by atoms with Gasteiger partial charge < -0.3 is 56.4 Å². The maximum atomic E-state index is 11.2. The van der Waals surface area contributed by atoms with Gasteiger partial charge in [0.15, 0.2) is 0 Å². The fourth-order valence-corrected chi connectivity index (χ4v) is 1.04. The maximum absolute atomic E-state index is 11.2. The summed E-state index contributed by atoms with van der Waals surface area (Å²) in [5.74, 6) is -0.409. The molecule has 0 saturated carbocycles. The maximum Gasteiger partial charge on any atom is 1.00 e. The molecule has 0 atom stereocenters. The SMILES string of the molecule is [CH2-]CCCNC(=O)COCC(=O)NCCC[CH2-].[CH3-].[CH3-].[K+].[K+].[NH2-].[NH2-]. The molecule has 0 aliphatic heterocycles. The molecule has 0 fully saturated rings. The molecule has 132 valence electrons. The van der Waals surface area contributed by atoms with Gasteiger partial charge >= 0.3 is 103 Å². The number of unbranched alkanes of at least 4 members (excludes halogenated alkanes) is 2. The number of carbonyl (C=O) groups is 2. The van der Waals surface area contributed by atoms with Gasteiger partial charge in [0, 0.05) is 13.1 Å². The van der Waals surface area contributed by atoms with Crippen molar-refractivity contribution >= 4 is 11.8 Å². The molecule has 0 aliphatic carbocycles. The van der Waals surface area contributed by atoms with Crippen molar-refractivity contribution in [2.75, 3.05) is 26.3 Å². The van der Waals surface area contributed by atoms with E-state index in [9.17, 15) is 9.59 Å². The first-order valence-electron chi connectivity index (χ1n) is 5.90. The van der Waals surface area contributed by atoms with E-state index < -0.39 is 0 Å². The van der Waals surface area contributed by atoms with E-state index >= 15 is 0 Å². The van der Waals surface area contributed by atoms with E-state index in [1.165, 1.54) is 0 Å². The molecule has 23 heavy (non-hydrogen) atoms. The Bertz CT molecular complexity index is 214. The van der Waals surface area contributed by atoms with Crippen molar-refractivity contribution in [2.24, 2.45) is 0 Å². The molecular weight excluding hydrogens is 350 g/mol. The molecule has 0 saturated heterocycles. The third kappa shape index (κ3) is 35.9. The summed E-state index contributed by atoms with van der Waals surface area (Å²) in [4.78, 5) is 22.3. The molecule has 0 radical (unpaired) electrons. The van der Waals surface area contributed by atoms with Gasteiger partial charge in [-0.1, -0.05) is 12.8 Å². The van der Waals surface area contributed by atoms with Crippen molar-refractivity contribution in [3.05, 3.63) is 41.0 Å². The number of carbonyl (C=O) groups excluding carboxylic acids is 2. The van der Waals surface area contributed by atoms with Crippen molar-refractivity contribution in [1.29, 1.82) is 0 Å². The fourth-order valence-electron chi connectivity index (χ4n) is 1.04. The monoisotopic (exact) mass is 382 g/mol. The van der Waals surface area contributed by atoms with Gasteiger partial charge in [0.05, 0.1) is 0 Å². The molecule has 0 aliphatic rings. The minimum absolute atomic E-state index is 0. The Hall–Kier alpha value is 2.09. The molecule has 9 heteroatoms. The second kappa shape index (κ2) is 35.2. The summed E-state index contributed by atoms with van der Waals surface area (Å²) in [6.07, 6.45) is 3.26. The number of ether oxygens (including phenoxy) is 1. The molecule has 2 amide bonds. The standard InChI is InChI=1S/C12H22N2O3.2CH3.2K.2H2N/c1-3-5-7-13-11(15)9-17-10-12(16)14-8-6-4-2;;;;;;/h1-10H2,(H,13,15)(H,14,16);2*1H3;;;2*1H2/q-2;2*-1;2*+1;2*-1. The van der Waals surface area contributed by atoms with E-state index in [4.69, 9.17) is 4.74 Å². The number of rotatable bonds is 10. The molecule has 6 N–H and O–H groups in total. The van der Waals surface area contributed by atoms with Crippen LogP contribution in [0.2, 0.25) is 0 Å². The zero-order valence-electron chi connectivity index (χ0n) is 15.5. The quantitative estimate of drug-likeness (QED) is 0.234. The zero-order valence-corrected chi connectivity index (χ0v) is 21.7. The Morgan fingerprint density at radius 1 is 0.783 bits per heavy atom. The number of hydrogen-bond acceptors (Lipinski definition) is 3. The number of amides is 2. The van der Waals surface area contributed by atoms with Gasteiger partial charge in [0.25, 0.3) is 0 Å². The predicted molar refractivity (Wildman–Crippen MR) is 89.4 cm³/mol. The van der Waals surface area contributed by atoms with Crippen LogP contribution in [0, 0.1) is 28.7 Å². The predicted octanol–water partition coefficient (Wildman–Crippen LogP) is -3.19. The molecule has 0 unspecified atom stereocenters. The number of hydrogen-bond donors (Lipinski definition) is 2. The van der Waals surface area contributed by atoms with Crippen LogP contribution in [0.15, 0.2) is 0 Å². The van der Waals surface area contributed by atoms with E-state index in [-0.39, 0.29) is 155 Å². The van der Waals surface area contributed by atoms with Crippen LogP contribution in [-0.4, -0.2) is 38.1 Å². The largest absolute Gasteiger partial charge is 1.00 e. The van der Waals surface area contributed by atoms with Crippen LogP contribution in [0.5, 0.6) is 0 Å². The van der Waals surface area contributed by atoms with E-state index in [1.807, 2.05) is 0 Å². The Labute approximate surface area is 228 Å². The van der Waals surface area contributed by atoms with Crippen LogP contribution in [0.4, 0.5) is 0 Å². The van der Waals surface area contributed by atoms with Gasteiger partial charge in [-0.25, -0.2) is 0 Å².